The molecule has 2 heterocycles. The summed E-state index contributed by atoms with van der Waals surface area (Å²) in [5, 5.41) is 4.65. The summed E-state index contributed by atoms with van der Waals surface area (Å²) in [4.78, 5) is 16.7. The van der Waals surface area contributed by atoms with E-state index in [0.717, 1.165) is 9.99 Å². The average molecular weight is 323 g/mol. The minimum Gasteiger partial charge on any atom is -0.448 e. The lowest BCUT2D eigenvalue weighted by molar-refractivity contribution is 0.0955. The maximum atomic E-state index is 11.8. The van der Waals surface area contributed by atoms with Crippen LogP contribution >= 0.6 is 11.8 Å². The van der Waals surface area contributed by atoms with E-state index in [1.807, 2.05) is 36.4 Å². The lowest BCUT2D eigenvalue weighted by Crippen LogP contribution is -2.17. The molecule has 0 fully saturated rings. The van der Waals surface area contributed by atoms with Crippen molar-refractivity contribution in [2.24, 2.45) is 5.10 Å². The van der Waals surface area contributed by atoms with Crippen LogP contribution in [0.2, 0.25) is 0 Å². The molecule has 3 rings (SSSR count). The van der Waals surface area contributed by atoms with Crippen molar-refractivity contribution in [1.29, 1.82) is 0 Å². The normalized spacial score (nSPS) is 10.8. The number of nitrogens with one attached hydrogen (secondary N) is 1. The first kappa shape index (κ1) is 15.1. The second-order valence-corrected chi connectivity index (χ2v) is 5.58. The van der Waals surface area contributed by atoms with E-state index >= 15 is 0 Å². The topological polar surface area (TPSA) is 67.5 Å². The fourth-order valence-electron chi connectivity index (χ4n) is 1.79. The molecule has 0 unspecified atom stereocenters. The lowest BCUT2D eigenvalue weighted by Gasteiger charge is -1.98. The number of furan rings is 1. The SMILES string of the molecule is O=C(N/N=C/c1ccc(Sc2ccccc2)o1)c1ccncc1. The maximum Gasteiger partial charge on any atom is 0.271 e. The van der Waals surface area contributed by atoms with Gasteiger partial charge in [-0.1, -0.05) is 30.0 Å². The summed E-state index contributed by atoms with van der Waals surface area (Å²) < 4.78 is 5.63. The van der Waals surface area contributed by atoms with Gasteiger partial charge in [-0.2, -0.15) is 5.10 Å². The van der Waals surface area contributed by atoms with Crippen LogP contribution in [0.25, 0.3) is 0 Å². The number of carbonyl (C=O) groups excluding carboxylic acids is 1. The lowest BCUT2D eigenvalue weighted by atomic mass is 10.3. The number of amides is 1. The van der Waals surface area contributed by atoms with Gasteiger partial charge in [0.25, 0.3) is 5.91 Å². The van der Waals surface area contributed by atoms with E-state index < -0.39 is 0 Å². The number of carbonyl (C=O) groups is 1. The summed E-state index contributed by atoms with van der Waals surface area (Å²) in [7, 11) is 0. The van der Waals surface area contributed by atoms with Crippen LogP contribution in [-0.4, -0.2) is 17.1 Å². The van der Waals surface area contributed by atoms with Crippen molar-refractivity contribution < 1.29 is 9.21 Å². The van der Waals surface area contributed by atoms with Crippen LogP contribution < -0.4 is 5.43 Å². The van der Waals surface area contributed by atoms with Gasteiger partial charge in [0.1, 0.15) is 5.76 Å². The minimum absolute atomic E-state index is 0.297. The number of rotatable bonds is 5. The van der Waals surface area contributed by atoms with Crippen molar-refractivity contribution in [3.05, 3.63) is 78.3 Å². The number of benzene rings is 1. The Bertz CT molecular complexity index is 801. The van der Waals surface area contributed by atoms with E-state index in [9.17, 15) is 4.79 Å². The smallest absolute Gasteiger partial charge is 0.271 e. The standard InChI is InChI=1S/C17H13N3O2S/c21-17(13-8-10-18-11-9-13)20-19-12-14-6-7-16(22-14)23-15-4-2-1-3-5-15/h1-12H,(H,20,21)/b19-12+. The number of hydrogen-bond donors (Lipinski definition) is 1. The molecular weight excluding hydrogens is 310 g/mol. The zero-order valence-corrected chi connectivity index (χ0v) is 12.9. The van der Waals surface area contributed by atoms with Gasteiger partial charge < -0.3 is 4.42 Å². The predicted molar refractivity (Wildman–Crippen MR) is 88.6 cm³/mol. The van der Waals surface area contributed by atoms with Crippen molar-refractivity contribution >= 4 is 23.9 Å². The number of pyridine rings is 1. The number of hydrazone groups is 1. The molecule has 2 aromatic heterocycles. The van der Waals surface area contributed by atoms with Crippen LogP contribution in [0, 0.1) is 0 Å². The van der Waals surface area contributed by atoms with Crippen molar-refractivity contribution in [2.75, 3.05) is 0 Å². The Hall–Kier alpha value is -2.86. The van der Waals surface area contributed by atoms with Crippen molar-refractivity contribution in [1.82, 2.24) is 10.4 Å². The van der Waals surface area contributed by atoms with Gasteiger partial charge in [0.2, 0.25) is 0 Å². The molecule has 23 heavy (non-hydrogen) atoms. The quantitative estimate of drug-likeness (QED) is 0.575. The Morgan fingerprint density at radius 2 is 1.87 bits per heavy atom. The average Bonchev–Trinajstić information content (AvgIpc) is 3.04. The van der Waals surface area contributed by atoms with Gasteiger partial charge in [0.15, 0.2) is 5.09 Å². The van der Waals surface area contributed by atoms with Crippen molar-refractivity contribution in [3.63, 3.8) is 0 Å². The van der Waals surface area contributed by atoms with Gasteiger partial charge >= 0.3 is 0 Å². The van der Waals surface area contributed by atoms with Crippen LogP contribution in [0.3, 0.4) is 0 Å². The summed E-state index contributed by atoms with van der Waals surface area (Å²) in [5.41, 5.74) is 2.94. The Morgan fingerprint density at radius 1 is 1.09 bits per heavy atom. The minimum atomic E-state index is -0.297. The highest BCUT2D eigenvalue weighted by Crippen LogP contribution is 2.28. The van der Waals surface area contributed by atoms with Gasteiger partial charge in [-0.15, -0.1) is 0 Å². The second-order valence-electron chi connectivity index (χ2n) is 4.51. The molecule has 1 aromatic carbocycles. The summed E-state index contributed by atoms with van der Waals surface area (Å²) in [6, 6.07) is 16.8. The highest BCUT2D eigenvalue weighted by atomic mass is 32.2. The number of nitrogens with zero attached hydrogens (tertiary/aromatic N) is 2. The number of aromatic nitrogens is 1. The number of hydrogen-bond acceptors (Lipinski definition) is 5. The Balaban J connectivity index is 1.57. The molecule has 0 atom stereocenters. The first-order valence-corrected chi connectivity index (χ1v) is 7.69. The Morgan fingerprint density at radius 3 is 2.65 bits per heavy atom. The van der Waals surface area contributed by atoms with Gasteiger partial charge in [0.05, 0.1) is 6.21 Å². The first-order valence-electron chi connectivity index (χ1n) is 6.87. The molecule has 6 heteroatoms. The van der Waals surface area contributed by atoms with Crippen LogP contribution in [0.5, 0.6) is 0 Å². The molecule has 0 aliphatic rings. The largest absolute Gasteiger partial charge is 0.448 e. The highest BCUT2D eigenvalue weighted by Gasteiger charge is 2.04. The van der Waals surface area contributed by atoms with E-state index in [2.05, 4.69) is 15.5 Å². The van der Waals surface area contributed by atoms with Crippen LogP contribution in [-0.2, 0) is 0 Å². The van der Waals surface area contributed by atoms with E-state index in [0.29, 0.717) is 11.3 Å². The molecule has 0 saturated carbocycles. The third-order valence-corrected chi connectivity index (χ3v) is 3.79. The summed E-state index contributed by atoms with van der Waals surface area (Å²) in [6.07, 6.45) is 4.57. The van der Waals surface area contributed by atoms with Crippen molar-refractivity contribution in [3.8, 4) is 0 Å². The molecule has 114 valence electrons. The van der Waals surface area contributed by atoms with Crippen LogP contribution in [0.15, 0.2) is 86.5 Å². The Kier molecular flexibility index (Phi) is 4.85. The zero-order valence-electron chi connectivity index (χ0n) is 12.0. The van der Waals surface area contributed by atoms with E-state index in [1.165, 1.54) is 18.0 Å². The molecule has 0 spiro atoms. The maximum absolute atomic E-state index is 11.8. The molecule has 1 N–H and O–H groups in total. The molecule has 1 amide bonds. The fourth-order valence-corrected chi connectivity index (χ4v) is 2.59. The molecule has 5 nitrogen and oxygen atoms in total. The molecule has 0 bridgehead atoms. The van der Waals surface area contributed by atoms with Gasteiger partial charge in [0, 0.05) is 22.9 Å². The first-order chi connectivity index (χ1) is 11.3. The highest BCUT2D eigenvalue weighted by molar-refractivity contribution is 7.99. The molecule has 0 aliphatic carbocycles. The molecule has 0 aliphatic heterocycles. The van der Waals surface area contributed by atoms with Crippen LogP contribution in [0.1, 0.15) is 16.1 Å². The van der Waals surface area contributed by atoms with Crippen molar-refractivity contribution in [2.45, 2.75) is 9.99 Å². The second kappa shape index (κ2) is 7.42. The predicted octanol–water partition coefficient (Wildman–Crippen LogP) is 3.59. The molecule has 0 radical (unpaired) electrons. The Labute approximate surface area is 137 Å². The molecule has 0 saturated heterocycles. The monoisotopic (exact) mass is 323 g/mol. The van der Waals surface area contributed by atoms with Gasteiger partial charge in [-0.05, 0) is 36.4 Å². The van der Waals surface area contributed by atoms with Gasteiger partial charge in [-0.3, -0.25) is 9.78 Å². The summed E-state index contributed by atoms with van der Waals surface area (Å²) in [5.74, 6) is 0.271. The van der Waals surface area contributed by atoms with E-state index in [1.54, 1.807) is 30.6 Å². The fraction of sp³-hybridized carbons (Fsp3) is 0. The third kappa shape index (κ3) is 4.31. The molecular formula is C17H13N3O2S. The summed E-state index contributed by atoms with van der Waals surface area (Å²) in [6.45, 7) is 0. The third-order valence-electron chi connectivity index (χ3n) is 2.86. The van der Waals surface area contributed by atoms with E-state index in [-0.39, 0.29) is 5.91 Å². The molecule has 3 aromatic rings. The summed E-state index contributed by atoms with van der Waals surface area (Å²) >= 11 is 1.52. The zero-order chi connectivity index (χ0) is 15.9. The van der Waals surface area contributed by atoms with Gasteiger partial charge in [-0.25, -0.2) is 5.43 Å². The van der Waals surface area contributed by atoms with Crippen LogP contribution in [0.4, 0.5) is 0 Å². The van der Waals surface area contributed by atoms with E-state index in [4.69, 9.17) is 4.42 Å².